The van der Waals surface area contributed by atoms with Crippen LogP contribution in [0, 0.1) is 5.92 Å². The third kappa shape index (κ3) is 3.64. The zero-order valence-electron chi connectivity index (χ0n) is 15.9. The van der Waals surface area contributed by atoms with Gasteiger partial charge in [0.15, 0.2) is 0 Å². The van der Waals surface area contributed by atoms with E-state index in [0.717, 1.165) is 43.5 Å². The quantitative estimate of drug-likeness (QED) is 0.808. The molecule has 1 amide bonds. The lowest BCUT2D eigenvalue weighted by Gasteiger charge is -2.52. The largest absolute Gasteiger partial charge is 0.433 e. The fourth-order valence-electron chi connectivity index (χ4n) is 4.87. The van der Waals surface area contributed by atoms with Crippen molar-refractivity contribution < 1.29 is 23.1 Å². The first-order valence-corrected chi connectivity index (χ1v) is 9.93. The molecule has 2 aliphatic rings. The van der Waals surface area contributed by atoms with Crippen LogP contribution in [0.4, 0.5) is 13.2 Å². The summed E-state index contributed by atoms with van der Waals surface area (Å²) in [6.45, 7) is 0.354. The van der Waals surface area contributed by atoms with Gasteiger partial charge in [-0.05, 0) is 37.0 Å². The van der Waals surface area contributed by atoms with Gasteiger partial charge in [-0.3, -0.25) is 9.78 Å². The molecule has 154 valence electrons. The predicted molar refractivity (Wildman–Crippen MR) is 101 cm³/mol. The average molecular weight is 404 g/mol. The first-order valence-electron chi connectivity index (χ1n) is 9.93. The maximum Gasteiger partial charge on any atom is 0.433 e. The van der Waals surface area contributed by atoms with Gasteiger partial charge in [0, 0.05) is 24.7 Å². The van der Waals surface area contributed by atoms with Gasteiger partial charge >= 0.3 is 6.18 Å². The highest BCUT2D eigenvalue weighted by Crippen LogP contribution is 2.47. The summed E-state index contributed by atoms with van der Waals surface area (Å²) in [4.78, 5) is 18.2. The second-order valence-corrected chi connectivity index (χ2v) is 7.93. The molecule has 0 unspecified atom stereocenters. The molecule has 2 fully saturated rings. The molecule has 1 N–H and O–H groups in total. The Hall–Kier alpha value is -2.41. The van der Waals surface area contributed by atoms with Crippen molar-refractivity contribution in [3.63, 3.8) is 0 Å². The SMILES string of the molecule is O=C(c1ccc(C(F)(F)F)nc1)N1CC[C@](O)(c2ccccc2)[C@H]2CCCC[C@H]21. The molecule has 1 saturated heterocycles. The van der Waals surface area contributed by atoms with E-state index in [1.807, 2.05) is 30.3 Å². The summed E-state index contributed by atoms with van der Waals surface area (Å²) in [5, 5.41) is 11.6. The van der Waals surface area contributed by atoms with E-state index in [0.29, 0.717) is 13.0 Å². The molecular formula is C22H23F3N2O2. The van der Waals surface area contributed by atoms with Crippen LogP contribution in [0.5, 0.6) is 0 Å². The summed E-state index contributed by atoms with van der Waals surface area (Å²) >= 11 is 0. The molecule has 2 heterocycles. The molecular weight excluding hydrogens is 381 g/mol. The number of hydrogen-bond donors (Lipinski definition) is 1. The summed E-state index contributed by atoms with van der Waals surface area (Å²) < 4.78 is 38.3. The van der Waals surface area contributed by atoms with Crippen LogP contribution in [0.15, 0.2) is 48.7 Å². The lowest BCUT2D eigenvalue weighted by Crippen LogP contribution is -2.59. The number of fused-ring (bicyclic) bond motifs is 1. The van der Waals surface area contributed by atoms with Crippen molar-refractivity contribution in [2.75, 3.05) is 6.54 Å². The van der Waals surface area contributed by atoms with E-state index >= 15 is 0 Å². The fourth-order valence-corrected chi connectivity index (χ4v) is 4.87. The number of hydrogen-bond acceptors (Lipinski definition) is 3. The molecule has 1 aliphatic carbocycles. The Morgan fingerprint density at radius 3 is 2.48 bits per heavy atom. The highest BCUT2D eigenvalue weighted by Gasteiger charge is 2.50. The van der Waals surface area contributed by atoms with E-state index in [-0.39, 0.29) is 23.4 Å². The first kappa shape index (κ1) is 19.9. The zero-order valence-corrected chi connectivity index (χ0v) is 15.9. The normalized spacial score (nSPS) is 27.4. The van der Waals surface area contributed by atoms with E-state index in [2.05, 4.69) is 4.98 Å². The number of carbonyl (C=O) groups is 1. The van der Waals surface area contributed by atoms with Crippen LogP contribution in [-0.2, 0) is 11.8 Å². The topological polar surface area (TPSA) is 53.4 Å². The number of pyridine rings is 1. The second kappa shape index (κ2) is 7.44. The minimum atomic E-state index is -4.53. The third-order valence-corrected chi connectivity index (χ3v) is 6.31. The third-order valence-electron chi connectivity index (χ3n) is 6.31. The number of aliphatic hydroxyl groups is 1. The fraction of sp³-hybridized carbons (Fsp3) is 0.455. The van der Waals surface area contributed by atoms with Crippen LogP contribution in [0.2, 0.25) is 0 Å². The molecule has 4 rings (SSSR count). The Bertz CT molecular complexity index is 870. The molecule has 4 nitrogen and oxygen atoms in total. The van der Waals surface area contributed by atoms with Crippen molar-refractivity contribution in [3.05, 3.63) is 65.5 Å². The molecule has 1 saturated carbocycles. The number of rotatable bonds is 2. The summed E-state index contributed by atoms with van der Waals surface area (Å²) in [5.74, 6) is -0.419. The highest BCUT2D eigenvalue weighted by molar-refractivity contribution is 5.94. The predicted octanol–water partition coefficient (Wildman–Crippen LogP) is 4.39. The molecule has 2 aromatic rings. The number of alkyl halides is 3. The minimum absolute atomic E-state index is 0.0984. The Morgan fingerprint density at radius 2 is 1.83 bits per heavy atom. The molecule has 0 bridgehead atoms. The Kier molecular flexibility index (Phi) is 5.11. The van der Waals surface area contributed by atoms with Crippen molar-refractivity contribution in [2.45, 2.75) is 49.9 Å². The van der Waals surface area contributed by atoms with Crippen LogP contribution in [0.3, 0.4) is 0 Å². The van der Waals surface area contributed by atoms with Crippen LogP contribution >= 0.6 is 0 Å². The molecule has 0 spiro atoms. The van der Waals surface area contributed by atoms with Gasteiger partial charge in [-0.2, -0.15) is 13.2 Å². The Morgan fingerprint density at radius 1 is 1.10 bits per heavy atom. The van der Waals surface area contributed by atoms with Crippen LogP contribution in [0.1, 0.15) is 53.7 Å². The molecule has 0 radical (unpaired) electrons. The van der Waals surface area contributed by atoms with E-state index in [1.165, 1.54) is 6.07 Å². The summed E-state index contributed by atoms with van der Waals surface area (Å²) in [5.41, 5.74) is -1.00. The maximum absolute atomic E-state index is 13.1. The summed E-state index contributed by atoms with van der Waals surface area (Å²) in [7, 11) is 0. The van der Waals surface area contributed by atoms with Crippen molar-refractivity contribution >= 4 is 5.91 Å². The minimum Gasteiger partial charge on any atom is -0.385 e. The second-order valence-electron chi connectivity index (χ2n) is 7.93. The number of nitrogens with zero attached hydrogens (tertiary/aromatic N) is 2. The van der Waals surface area contributed by atoms with Crippen molar-refractivity contribution in [1.82, 2.24) is 9.88 Å². The number of carbonyl (C=O) groups excluding carboxylic acids is 1. The van der Waals surface area contributed by atoms with E-state index < -0.39 is 17.5 Å². The van der Waals surface area contributed by atoms with Gasteiger partial charge in [0.25, 0.3) is 5.91 Å². The summed E-state index contributed by atoms with van der Waals surface area (Å²) in [6.07, 6.45) is 0.401. The molecule has 1 aromatic heterocycles. The Labute approximate surface area is 167 Å². The number of likely N-dealkylation sites (tertiary alicyclic amines) is 1. The van der Waals surface area contributed by atoms with Gasteiger partial charge < -0.3 is 10.0 Å². The lowest BCUT2D eigenvalue weighted by atomic mass is 9.66. The van der Waals surface area contributed by atoms with Crippen molar-refractivity contribution in [3.8, 4) is 0 Å². The Balaban J connectivity index is 1.60. The molecule has 1 aromatic carbocycles. The monoisotopic (exact) mass is 404 g/mol. The molecule has 7 heteroatoms. The van der Waals surface area contributed by atoms with E-state index in [4.69, 9.17) is 0 Å². The number of amides is 1. The number of benzene rings is 1. The molecule has 1 aliphatic heterocycles. The average Bonchev–Trinajstić information content (AvgIpc) is 2.74. The van der Waals surface area contributed by atoms with Gasteiger partial charge in [-0.15, -0.1) is 0 Å². The van der Waals surface area contributed by atoms with Gasteiger partial charge in [0.2, 0.25) is 0 Å². The maximum atomic E-state index is 13.1. The van der Waals surface area contributed by atoms with Crippen molar-refractivity contribution in [2.24, 2.45) is 5.92 Å². The molecule has 29 heavy (non-hydrogen) atoms. The standard InChI is InChI=1S/C22H23F3N2O2/c23-22(24,25)19-11-10-15(14-26-19)20(28)27-13-12-21(29,16-6-2-1-3-7-16)17-8-4-5-9-18(17)27/h1-3,6-7,10-11,14,17-18,29H,4-5,8-9,12-13H2/t17-,18+,21-/m0/s1. The van der Waals surface area contributed by atoms with Gasteiger partial charge in [-0.1, -0.05) is 43.2 Å². The number of aromatic nitrogens is 1. The van der Waals surface area contributed by atoms with E-state index in [9.17, 15) is 23.1 Å². The van der Waals surface area contributed by atoms with Gasteiger partial charge in [-0.25, -0.2) is 0 Å². The van der Waals surface area contributed by atoms with Crippen molar-refractivity contribution in [1.29, 1.82) is 0 Å². The zero-order chi connectivity index (χ0) is 20.6. The smallest absolute Gasteiger partial charge is 0.385 e. The van der Waals surface area contributed by atoms with Gasteiger partial charge in [0.1, 0.15) is 5.69 Å². The molecule has 3 atom stereocenters. The van der Waals surface area contributed by atoms with Crippen LogP contribution in [0.25, 0.3) is 0 Å². The van der Waals surface area contributed by atoms with Crippen LogP contribution < -0.4 is 0 Å². The highest BCUT2D eigenvalue weighted by atomic mass is 19.4. The summed E-state index contributed by atoms with van der Waals surface area (Å²) in [6, 6.07) is 11.4. The van der Waals surface area contributed by atoms with Gasteiger partial charge in [0.05, 0.1) is 11.2 Å². The number of halogens is 3. The first-order chi connectivity index (χ1) is 13.8. The lowest BCUT2D eigenvalue weighted by molar-refractivity contribution is -0.141. The number of piperidine rings is 1. The van der Waals surface area contributed by atoms with E-state index in [1.54, 1.807) is 4.90 Å². The van der Waals surface area contributed by atoms with Crippen LogP contribution in [-0.4, -0.2) is 33.5 Å².